The first-order valence-corrected chi connectivity index (χ1v) is 5.91. The maximum absolute atomic E-state index is 11.5. The molecule has 0 unspecified atom stereocenters. The monoisotopic (exact) mass is 210 g/mol. The summed E-state index contributed by atoms with van der Waals surface area (Å²) < 4.78 is 5.03. The molecule has 0 aromatic heterocycles. The van der Waals surface area contributed by atoms with Gasteiger partial charge in [0.05, 0.1) is 12.0 Å². The number of unbranched alkanes of at least 4 members (excludes halogenated alkanes) is 2. The zero-order chi connectivity index (χ0) is 11.3. The molecule has 86 valence electrons. The molecule has 15 heavy (non-hydrogen) atoms. The van der Waals surface area contributed by atoms with Gasteiger partial charge in [-0.05, 0) is 33.1 Å². The molecule has 0 aromatic carbocycles. The van der Waals surface area contributed by atoms with Crippen molar-refractivity contribution >= 4 is 5.97 Å². The molecule has 0 spiro atoms. The van der Waals surface area contributed by atoms with Gasteiger partial charge < -0.3 is 4.74 Å². The molecular formula is C13H22O2. The molecular weight excluding hydrogens is 188 g/mol. The fourth-order valence-electron chi connectivity index (χ4n) is 2.05. The first-order chi connectivity index (χ1) is 7.08. The van der Waals surface area contributed by atoms with Crippen molar-refractivity contribution in [1.29, 1.82) is 0 Å². The van der Waals surface area contributed by atoms with Crippen molar-refractivity contribution < 1.29 is 9.53 Å². The molecule has 0 amide bonds. The molecule has 1 rings (SSSR count). The van der Waals surface area contributed by atoms with Gasteiger partial charge in [0.25, 0.3) is 0 Å². The Morgan fingerprint density at radius 3 is 2.87 bits per heavy atom. The summed E-state index contributed by atoms with van der Waals surface area (Å²) in [6.07, 6.45) is 7.58. The quantitative estimate of drug-likeness (QED) is 0.394. The summed E-state index contributed by atoms with van der Waals surface area (Å²) >= 11 is 0. The lowest BCUT2D eigenvalue weighted by Crippen LogP contribution is -2.22. The third-order valence-corrected chi connectivity index (χ3v) is 3.10. The van der Waals surface area contributed by atoms with Crippen molar-refractivity contribution in [3.05, 3.63) is 11.6 Å². The molecule has 1 atom stereocenters. The van der Waals surface area contributed by atoms with Crippen LogP contribution in [0.5, 0.6) is 0 Å². The maximum Gasteiger partial charge on any atom is 0.312 e. The summed E-state index contributed by atoms with van der Waals surface area (Å²) in [6, 6.07) is 0. The highest BCUT2D eigenvalue weighted by Gasteiger charge is 2.39. The van der Waals surface area contributed by atoms with E-state index in [1.807, 2.05) is 6.92 Å². The van der Waals surface area contributed by atoms with E-state index in [1.54, 1.807) is 0 Å². The van der Waals surface area contributed by atoms with Gasteiger partial charge >= 0.3 is 5.97 Å². The van der Waals surface area contributed by atoms with Crippen LogP contribution in [0.25, 0.3) is 0 Å². The van der Waals surface area contributed by atoms with Crippen LogP contribution in [-0.2, 0) is 9.53 Å². The number of ether oxygens (including phenoxy) is 1. The van der Waals surface area contributed by atoms with Gasteiger partial charge in [-0.3, -0.25) is 4.79 Å². The van der Waals surface area contributed by atoms with Crippen molar-refractivity contribution in [2.45, 2.75) is 52.9 Å². The van der Waals surface area contributed by atoms with Gasteiger partial charge in [0.2, 0.25) is 0 Å². The predicted molar refractivity (Wildman–Crippen MR) is 61.6 cm³/mol. The van der Waals surface area contributed by atoms with Crippen LogP contribution in [-0.4, -0.2) is 12.6 Å². The lowest BCUT2D eigenvalue weighted by atomic mass is 9.82. The molecule has 2 heteroatoms. The zero-order valence-electron chi connectivity index (χ0n) is 10.1. The van der Waals surface area contributed by atoms with E-state index < -0.39 is 0 Å². The Morgan fingerprint density at radius 1 is 1.60 bits per heavy atom. The number of carbonyl (C=O) groups excluding carboxylic acids is 1. The van der Waals surface area contributed by atoms with Crippen LogP contribution in [0.2, 0.25) is 0 Å². The van der Waals surface area contributed by atoms with Crippen molar-refractivity contribution in [3.8, 4) is 0 Å². The van der Waals surface area contributed by atoms with Crippen molar-refractivity contribution in [2.24, 2.45) is 5.41 Å². The minimum atomic E-state index is -0.257. The molecule has 0 aliphatic carbocycles. The summed E-state index contributed by atoms with van der Waals surface area (Å²) in [4.78, 5) is 11.5. The first kappa shape index (κ1) is 12.3. The number of carbonyl (C=O) groups is 1. The normalized spacial score (nSPS) is 26.9. The maximum atomic E-state index is 11.5. The van der Waals surface area contributed by atoms with E-state index >= 15 is 0 Å². The number of allylic oxidation sites excluding steroid dienone is 2. The fraction of sp³-hybridized carbons (Fsp3) is 0.769. The zero-order valence-corrected chi connectivity index (χ0v) is 10.1. The van der Waals surface area contributed by atoms with Gasteiger partial charge in [-0.2, -0.15) is 0 Å². The lowest BCUT2D eigenvalue weighted by molar-refractivity contribution is -0.145. The van der Waals surface area contributed by atoms with Gasteiger partial charge in [-0.1, -0.05) is 31.4 Å². The molecule has 1 heterocycles. The van der Waals surface area contributed by atoms with Crippen LogP contribution in [0, 0.1) is 5.41 Å². The molecule has 0 aromatic rings. The Morgan fingerprint density at radius 2 is 2.33 bits per heavy atom. The second-order valence-corrected chi connectivity index (χ2v) is 4.82. The first-order valence-electron chi connectivity index (χ1n) is 5.91. The topological polar surface area (TPSA) is 26.3 Å². The van der Waals surface area contributed by atoms with E-state index in [2.05, 4.69) is 19.9 Å². The molecule has 1 saturated heterocycles. The highest BCUT2D eigenvalue weighted by Crippen LogP contribution is 2.35. The van der Waals surface area contributed by atoms with Crippen LogP contribution in [0.15, 0.2) is 11.6 Å². The number of rotatable bonds is 5. The Kier molecular flexibility index (Phi) is 4.37. The summed E-state index contributed by atoms with van der Waals surface area (Å²) in [5.74, 6) is -0.0225. The van der Waals surface area contributed by atoms with Crippen LogP contribution in [0.3, 0.4) is 0 Å². The molecule has 1 fully saturated rings. The second kappa shape index (κ2) is 5.34. The number of hydrogen-bond acceptors (Lipinski definition) is 2. The van der Waals surface area contributed by atoms with Gasteiger partial charge in [-0.25, -0.2) is 0 Å². The van der Waals surface area contributed by atoms with Crippen LogP contribution < -0.4 is 0 Å². The molecule has 0 radical (unpaired) electrons. The molecule has 0 bridgehead atoms. The van der Waals surface area contributed by atoms with E-state index in [0.717, 1.165) is 19.3 Å². The summed E-state index contributed by atoms with van der Waals surface area (Å²) in [5.41, 5.74) is 1.07. The van der Waals surface area contributed by atoms with Gasteiger partial charge in [0.1, 0.15) is 0 Å². The molecule has 2 nitrogen and oxygen atoms in total. The lowest BCUT2D eigenvalue weighted by Gasteiger charge is -2.18. The van der Waals surface area contributed by atoms with Crippen molar-refractivity contribution in [2.75, 3.05) is 6.61 Å². The SMILES string of the molecule is CCCC/C=C(\C)C[C@@]1(C)CCOC1=O. The third-order valence-electron chi connectivity index (χ3n) is 3.10. The predicted octanol–water partition coefficient (Wildman–Crippen LogP) is 3.47. The van der Waals surface area contributed by atoms with E-state index in [1.165, 1.54) is 18.4 Å². The van der Waals surface area contributed by atoms with Gasteiger partial charge in [-0.15, -0.1) is 0 Å². The standard InChI is InChI=1S/C13H22O2/c1-4-5-6-7-11(2)10-13(3)8-9-15-12(13)14/h7H,4-6,8-10H2,1-3H3/b11-7+/t13-/m1/s1. The van der Waals surface area contributed by atoms with E-state index in [-0.39, 0.29) is 11.4 Å². The van der Waals surface area contributed by atoms with Crippen LogP contribution in [0.4, 0.5) is 0 Å². The number of esters is 1. The van der Waals surface area contributed by atoms with Crippen LogP contribution in [0.1, 0.15) is 52.9 Å². The highest BCUT2D eigenvalue weighted by molar-refractivity contribution is 5.78. The molecule has 1 aliphatic heterocycles. The van der Waals surface area contributed by atoms with Crippen molar-refractivity contribution in [3.63, 3.8) is 0 Å². The fourth-order valence-corrected chi connectivity index (χ4v) is 2.05. The van der Waals surface area contributed by atoms with Gasteiger partial charge in [0.15, 0.2) is 0 Å². The Hall–Kier alpha value is -0.790. The smallest absolute Gasteiger partial charge is 0.312 e. The molecule has 0 N–H and O–H groups in total. The largest absolute Gasteiger partial charge is 0.465 e. The Bertz CT molecular complexity index is 255. The number of hydrogen-bond donors (Lipinski definition) is 0. The van der Waals surface area contributed by atoms with Gasteiger partial charge in [0, 0.05) is 0 Å². The Balaban J connectivity index is 2.46. The van der Waals surface area contributed by atoms with Crippen LogP contribution >= 0.6 is 0 Å². The summed E-state index contributed by atoms with van der Waals surface area (Å²) in [7, 11) is 0. The third kappa shape index (κ3) is 3.37. The van der Waals surface area contributed by atoms with Crippen molar-refractivity contribution in [1.82, 2.24) is 0 Å². The number of cyclic esters (lactones) is 1. The van der Waals surface area contributed by atoms with E-state index in [4.69, 9.17) is 4.74 Å². The highest BCUT2D eigenvalue weighted by atomic mass is 16.5. The average Bonchev–Trinajstić information content (AvgIpc) is 2.47. The van der Waals surface area contributed by atoms with E-state index in [0.29, 0.717) is 6.61 Å². The minimum Gasteiger partial charge on any atom is -0.465 e. The molecule has 0 saturated carbocycles. The minimum absolute atomic E-state index is 0.0225. The molecule has 1 aliphatic rings. The second-order valence-electron chi connectivity index (χ2n) is 4.82. The summed E-state index contributed by atoms with van der Waals surface area (Å²) in [6.45, 7) is 6.92. The Labute approximate surface area is 92.7 Å². The summed E-state index contributed by atoms with van der Waals surface area (Å²) in [5, 5.41) is 0. The van der Waals surface area contributed by atoms with E-state index in [9.17, 15) is 4.79 Å². The average molecular weight is 210 g/mol.